The van der Waals surface area contributed by atoms with E-state index in [1.165, 1.54) is 5.69 Å². The molecule has 92 valence electrons. The van der Waals surface area contributed by atoms with E-state index in [4.69, 9.17) is 4.52 Å². The summed E-state index contributed by atoms with van der Waals surface area (Å²) in [6, 6.07) is 4.43. The molecule has 0 saturated carbocycles. The van der Waals surface area contributed by atoms with E-state index >= 15 is 0 Å². The fraction of sp³-hybridized carbons (Fsp3) is 0.500. The molecule has 0 aromatic carbocycles. The number of aromatic nitrogens is 3. The van der Waals surface area contributed by atoms with E-state index in [-0.39, 0.29) is 0 Å². The lowest BCUT2D eigenvalue weighted by Gasteiger charge is -2.13. The summed E-state index contributed by atoms with van der Waals surface area (Å²) in [4.78, 5) is 4.31. The van der Waals surface area contributed by atoms with E-state index in [9.17, 15) is 0 Å². The fourth-order valence-electron chi connectivity index (χ4n) is 1.76. The van der Waals surface area contributed by atoms with Gasteiger partial charge in [0, 0.05) is 24.4 Å². The van der Waals surface area contributed by atoms with Crippen molar-refractivity contribution in [2.75, 3.05) is 7.05 Å². The average Bonchev–Trinajstić information content (AvgIpc) is 2.97. The molecule has 2 aromatic heterocycles. The van der Waals surface area contributed by atoms with Crippen LogP contribution in [0.15, 0.2) is 22.9 Å². The first-order valence-corrected chi connectivity index (χ1v) is 5.88. The molecule has 1 unspecified atom stereocenters. The number of aryl methyl sites for hydroxylation is 1. The van der Waals surface area contributed by atoms with Crippen molar-refractivity contribution in [1.82, 2.24) is 20.0 Å². The van der Waals surface area contributed by atoms with Crippen LogP contribution in [0.3, 0.4) is 0 Å². The van der Waals surface area contributed by atoms with Crippen molar-refractivity contribution in [2.24, 2.45) is 0 Å². The van der Waals surface area contributed by atoms with E-state index in [0.717, 1.165) is 12.2 Å². The summed E-state index contributed by atoms with van der Waals surface area (Å²) in [7, 11) is 1.95. The molecular weight excluding hydrogens is 216 g/mol. The molecule has 0 aliphatic rings. The third kappa shape index (κ3) is 2.55. The Hall–Kier alpha value is -1.62. The Kier molecular flexibility index (Phi) is 3.58. The Morgan fingerprint density at radius 2 is 2.35 bits per heavy atom. The minimum atomic E-state index is 0.304. The van der Waals surface area contributed by atoms with Gasteiger partial charge in [0.15, 0.2) is 5.82 Å². The Morgan fingerprint density at radius 1 is 1.53 bits per heavy atom. The largest absolute Gasteiger partial charge is 0.341 e. The molecular formula is C12H18N4O. The highest BCUT2D eigenvalue weighted by Crippen LogP contribution is 2.14. The van der Waals surface area contributed by atoms with Gasteiger partial charge < -0.3 is 14.4 Å². The maximum atomic E-state index is 5.19. The monoisotopic (exact) mass is 234 g/mol. The zero-order chi connectivity index (χ0) is 12.3. The molecule has 0 fully saturated rings. The molecule has 17 heavy (non-hydrogen) atoms. The van der Waals surface area contributed by atoms with Gasteiger partial charge in [-0.15, -0.1) is 0 Å². The number of rotatable bonds is 5. The number of nitrogens with zero attached hydrogens (tertiary/aromatic N) is 3. The second-order valence-corrected chi connectivity index (χ2v) is 4.03. The van der Waals surface area contributed by atoms with Gasteiger partial charge in [-0.05, 0) is 26.1 Å². The molecule has 0 aliphatic carbocycles. The highest BCUT2D eigenvalue weighted by atomic mass is 16.5. The predicted octanol–water partition coefficient (Wildman–Crippen LogP) is 1.76. The Labute approximate surface area is 101 Å². The first-order chi connectivity index (χ1) is 8.24. The highest BCUT2D eigenvalue weighted by Gasteiger charge is 2.11. The van der Waals surface area contributed by atoms with Gasteiger partial charge in [0.25, 0.3) is 0 Å². The van der Waals surface area contributed by atoms with Crippen molar-refractivity contribution in [3.05, 3.63) is 35.7 Å². The maximum absolute atomic E-state index is 5.19. The standard InChI is InChI=1S/C12H18N4O/c1-4-11-14-12(17-15-11)8-16-7-5-6-10(16)9(2)13-3/h5-7,9,13H,4,8H2,1-3H3. The van der Waals surface area contributed by atoms with Crippen molar-refractivity contribution in [3.63, 3.8) is 0 Å². The third-order valence-corrected chi connectivity index (χ3v) is 2.87. The van der Waals surface area contributed by atoms with Crippen LogP contribution in [-0.4, -0.2) is 21.8 Å². The van der Waals surface area contributed by atoms with E-state index in [0.29, 0.717) is 18.5 Å². The summed E-state index contributed by atoms with van der Waals surface area (Å²) < 4.78 is 7.31. The topological polar surface area (TPSA) is 55.9 Å². The fourth-order valence-corrected chi connectivity index (χ4v) is 1.76. The van der Waals surface area contributed by atoms with E-state index in [1.807, 2.05) is 26.2 Å². The zero-order valence-electron chi connectivity index (χ0n) is 10.5. The number of nitrogens with one attached hydrogen (secondary N) is 1. The predicted molar refractivity (Wildman–Crippen MR) is 64.7 cm³/mol. The van der Waals surface area contributed by atoms with Crippen LogP contribution in [-0.2, 0) is 13.0 Å². The molecule has 0 bridgehead atoms. The maximum Gasteiger partial charge on any atom is 0.246 e. The lowest BCUT2D eigenvalue weighted by Crippen LogP contribution is -2.17. The molecule has 2 heterocycles. The molecule has 0 aliphatic heterocycles. The van der Waals surface area contributed by atoms with Gasteiger partial charge in [0.05, 0.1) is 0 Å². The van der Waals surface area contributed by atoms with Crippen molar-refractivity contribution in [2.45, 2.75) is 32.9 Å². The van der Waals surface area contributed by atoms with Crippen LogP contribution in [0.2, 0.25) is 0 Å². The molecule has 0 spiro atoms. The van der Waals surface area contributed by atoms with Crippen molar-refractivity contribution in [1.29, 1.82) is 0 Å². The molecule has 5 heteroatoms. The van der Waals surface area contributed by atoms with Crippen LogP contribution >= 0.6 is 0 Å². The molecule has 0 amide bonds. The minimum absolute atomic E-state index is 0.304. The number of hydrogen-bond acceptors (Lipinski definition) is 4. The second-order valence-electron chi connectivity index (χ2n) is 4.03. The summed E-state index contributed by atoms with van der Waals surface area (Å²) in [5.74, 6) is 1.41. The molecule has 0 radical (unpaired) electrons. The van der Waals surface area contributed by atoms with Gasteiger partial charge in [-0.3, -0.25) is 0 Å². The van der Waals surface area contributed by atoms with Gasteiger partial charge in [-0.1, -0.05) is 12.1 Å². The zero-order valence-corrected chi connectivity index (χ0v) is 10.5. The third-order valence-electron chi connectivity index (χ3n) is 2.87. The Bertz CT molecular complexity index is 474. The van der Waals surface area contributed by atoms with E-state index in [1.54, 1.807) is 0 Å². The van der Waals surface area contributed by atoms with Crippen LogP contribution in [0, 0.1) is 0 Å². The first kappa shape index (κ1) is 11.9. The van der Waals surface area contributed by atoms with Crippen molar-refractivity contribution < 1.29 is 4.52 Å². The lowest BCUT2D eigenvalue weighted by atomic mass is 10.2. The summed E-state index contributed by atoms with van der Waals surface area (Å²) >= 11 is 0. The molecule has 5 nitrogen and oxygen atoms in total. The average molecular weight is 234 g/mol. The molecule has 1 atom stereocenters. The summed E-state index contributed by atoms with van der Waals surface area (Å²) in [5.41, 5.74) is 1.21. The van der Waals surface area contributed by atoms with Gasteiger partial charge in [-0.25, -0.2) is 0 Å². The Morgan fingerprint density at radius 3 is 3.00 bits per heavy atom. The summed E-state index contributed by atoms with van der Waals surface area (Å²) in [6.45, 7) is 4.76. The first-order valence-electron chi connectivity index (χ1n) is 5.88. The van der Waals surface area contributed by atoms with Crippen LogP contribution < -0.4 is 5.32 Å². The van der Waals surface area contributed by atoms with E-state index in [2.05, 4.69) is 33.0 Å². The number of hydrogen-bond donors (Lipinski definition) is 1. The lowest BCUT2D eigenvalue weighted by molar-refractivity contribution is 0.364. The normalized spacial score (nSPS) is 12.9. The van der Waals surface area contributed by atoms with Crippen LogP contribution in [0.1, 0.15) is 37.3 Å². The second kappa shape index (κ2) is 5.14. The van der Waals surface area contributed by atoms with Crippen molar-refractivity contribution in [3.8, 4) is 0 Å². The van der Waals surface area contributed by atoms with Crippen LogP contribution in [0.4, 0.5) is 0 Å². The van der Waals surface area contributed by atoms with Crippen LogP contribution in [0.5, 0.6) is 0 Å². The molecule has 0 saturated heterocycles. The quantitative estimate of drug-likeness (QED) is 0.856. The molecule has 1 N–H and O–H groups in total. The minimum Gasteiger partial charge on any atom is -0.341 e. The summed E-state index contributed by atoms with van der Waals surface area (Å²) in [5, 5.41) is 7.12. The van der Waals surface area contributed by atoms with Gasteiger partial charge >= 0.3 is 0 Å². The Balaban J connectivity index is 2.15. The van der Waals surface area contributed by atoms with Crippen molar-refractivity contribution >= 4 is 0 Å². The van der Waals surface area contributed by atoms with Crippen LogP contribution in [0.25, 0.3) is 0 Å². The molecule has 2 rings (SSSR count). The highest BCUT2D eigenvalue weighted by molar-refractivity contribution is 5.12. The molecule has 2 aromatic rings. The smallest absolute Gasteiger partial charge is 0.246 e. The van der Waals surface area contributed by atoms with E-state index < -0.39 is 0 Å². The van der Waals surface area contributed by atoms with Gasteiger partial charge in [0.1, 0.15) is 6.54 Å². The van der Waals surface area contributed by atoms with Gasteiger partial charge in [-0.2, -0.15) is 4.98 Å². The SMILES string of the molecule is CCc1noc(Cn2cccc2C(C)NC)n1. The summed E-state index contributed by atoms with van der Waals surface area (Å²) in [6.07, 6.45) is 2.83. The van der Waals surface area contributed by atoms with Gasteiger partial charge in [0.2, 0.25) is 5.89 Å².